The lowest BCUT2D eigenvalue weighted by Crippen LogP contribution is -2.47. The van der Waals surface area contributed by atoms with Crippen molar-refractivity contribution in [3.05, 3.63) is 59.7 Å². The first-order valence-corrected chi connectivity index (χ1v) is 13.1. The van der Waals surface area contributed by atoms with Crippen molar-refractivity contribution in [2.24, 2.45) is 0 Å². The minimum absolute atomic E-state index is 0.121. The maximum absolute atomic E-state index is 13.2. The topological polar surface area (TPSA) is 75.7 Å². The van der Waals surface area contributed by atoms with E-state index in [-0.39, 0.29) is 30.0 Å². The molecular formula is C25H34N2O4S. The number of hydrogen-bond donors (Lipinski definition) is 1. The van der Waals surface area contributed by atoms with Crippen molar-refractivity contribution in [1.82, 2.24) is 5.32 Å². The Balaban J connectivity index is 1.89. The van der Waals surface area contributed by atoms with Crippen LogP contribution in [0, 0.1) is 0 Å². The SMILES string of the molecule is CCC1(CC)CC(NC(=O)CN(c2ccccc2C(C)C)S(C)(=O)=O)c2ccccc2O1. The van der Waals surface area contributed by atoms with Crippen LogP contribution in [-0.4, -0.2) is 32.7 Å². The molecule has 1 aliphatic rings. The molecule has 0 aromatic heterocycles. The number of carbonyl (C=O) groups excluding carboxylic acids is 1. The van der Waals surface area contributed by atoms with Gasteiger partial charge >= 0.3 is 0 Å². The first-order chi connectivity index (χ1) is 15.1. The van der Waals surface area contributed by atoms with Gasteiger partial charge in [-0.1, -0.05) is 64.1 Å². The summed E-state index contributed by atoms with van der Waals surface area (Å²) in [6, 6.07) is 14.8. The molecule has 1 heterocycles. The van der Waals surface area contributed by atoms with Crippen LogP contribution in [0.15, 0.2) is 48.5 Å². The highest BCUT2D eigenvalue weighted by molar-refractivity contribution is 7.92. The van der Waals surface area contributed by atoms with Crippen molar-refractivity contribution in [3.63, 3.8) is 0 Å². The van der Waals surface area contributed by atoms with Gasteiger partial charge in [-0.25, -0.2) is 8.42 Å². The standard InChI is InChI=1S/C25H34N2O4S/c1-6-25(7-2)16-21(20-13-9-11-15-23(20)31-25)26-24(28)17-27(32(5,29)30)22-14-10-8-12-19(22)18(3)4/h8-15,18,21H,6-7,16-17H2,1-5H3,(H,26,28). The maximum atomic E-state index is 13.2. The Bertz CT molecular complexity index is 1060. The monoisotopic (exact) mass is 458 g/mol. The number of nitrogens with one attached hydrogen (secondary N) is 1. The predicted molar refractivity (Wildman–Crippen MR) is 129 cm³/mol. The molecule has 0 saturated carbocycles. The van der Waals surface area contributed by atoms with Gasteiger partial charge in [-0.05, 0) is 36.5 Å². The first kappa shape index (κ1) is 24.1. The van der Waals surface area contributed by atoms with Crippen molar-refractivity contribution >= 4 is 21.6 Å². The van der Waals surface area contributed by atoms with Crippen molar-refractivity contribution in [2.45, 2.75) is 64.5 Å². The van der Waals surface area contributed by atoms with Crippen LogP contribution in [0.25, 0.3) is 0 Å². The Morgan fingerprint density at radius 3 is 2.38 bits per heavy atom. The average Bonchev–Trinajstić information content (AvgIpc) is 2.76. The second-order valence-corrected chi connectivity index (χ2v) is 10.7. The molecule has 0 fully saturated rings. The summed E-state index contributed by atoms with van der Waals surface area (Å²) in [7, 11) is -3.65. The number of carbonyl (C=O) groups is 1. The molecule has 0 aliphatic carbocycles. The molecule has 32 heavy (non-hydrogen) atoms. The van der Waals surface area contributed by atoms with E-state index in [1.165, 1.54) is 4.31 Å². The molecule has 0 bridgehead atoms. The molecule has 0 radical (unpaired) electrons. The van der Waals surface area contributed by atoms with Crippen molar-refractivity contribution < 1.29 is 17.9 Å². The molecule has 1 N–H and O–H groups in total. The molecule has 1 atom stereocenters. The van der Waals surface area contributed by atoms with Crippen LogP contribution in [0.5, 0.6) is 5.75 Å². The van der Waals surface area contributed by atoms with Gasteiger partial charge in [0.25, 0.3) is 0 Å². The Kier molecular flexibility index (Phi) is 7.18. The number of amides is 1. The number of fused-ring (bicyclic) bond motifs is 1. The van der Waals surface area contributed by atoms with Crippen molar-refractivity contribution in [2.75, 3.05) is 17.1 Å². The third-order valence-corrected chi connectivity index (χ3v) is 7.46. The van der Waals surface area contributed by atoms with E-state index < -0.39 is 10.0 Å². The fourth-order valence-electron chi connectivity index (χ4n) is 4.38. The fraction of sp³-hybridized carbons (Fsp3) is 0.480. The van der Waals surface area contributed by atoms with Gasteiger partial charge in [0.2, 0.25) is 15.9 Å². The minimum Gasteiger partial charge on any atom is -0.487 e. The number of rotatable bonds is 8. The second kappa shape index (κ2) is 9.53. The second-order valence-electron chi connectivity index (χ2n) is 8.84. The molecule has 174 valence electrons. The third-order valence-electron chi connectivity index (χ3n) is 6.34. The molecule has 0 saturated heterocycles. The van der Waals surface area contributed by atoms with E-state index >= 15 is 0 Å². The third kappa shape index (κ3) is 5.09. The fourth-order valence-corrected chi connectivity index (χ4v) is 5.26. The highest BCUT2D eigenvalue weighted by Crippen LogP contribution is 2.42. The van der Waals surface area contributed by atoms with E-state index in [4.69, 9.17) is 4.74 Å². The molecular weight excluding hydrogens is 424 g/mol. The van der Waals surface area contributed by atoms with Gasteiger partial charge in [-0.15, -0.1) is 0 Å². The number of para-hydroxylation sites is 2. The van der Waals surface area contributed by atoms with Crippen LogP contribution in [-0.2, 0) is 14.8 Å². The Morgan fingerprint density at radius 2 is 1.75 bits per heavy atom. The molecule has 2 aromatic rings. The zero-order valence-electron chi connectivity index (χ0n) is 19.6. The summed E-state index contributed by atoms with van der Waals surface area (Å²) >= 11 is 0. The number of hydrogen-bond acceptors (Lipinski definition) is 4. The average molecular weight is 459 g/mol. The van der Waals surface area contributed by atoms with Crippen LogP contribution in [0.1, 0.15) is 70.0 Å². The summed E-state index contributed by atoms with van der Waals surface area (Å²) in [4.78, 5) is 13.2. The van der Waals surface area contributed by atoms with Crippen molar-refractivity contribution in [3.8, 4) is 5.75 Å². The molecule has 2 aromatic carbocycles. The summed E-state index contributed by atoms with van der Waals surface area (Å²) in [5, 5.41) is 3.09. The van der Waals surface area contributed by atoms with Crippen LogP contribution in [0.2, 0.25) is 0 Å². The highest BCUT2D eigenvalue weighted by atomic mass is 32.2. The van der Waals surface area contributed by atoms with Crippen LogP contribution >= 0.6 is 0 Å². The Hall–Kier alpha value is -2.54. The lowest BCUT2D eigenvalue weighted by molar-refractivity contribution is -0.121. The zero-order valence-corrected chi connectivity index (χ0v) is 20.4. The minimum atomic E-state index is -3.65. The molecule has 1 unspecified atom stereocenters. The number of ether oxygens (including phenoxy) is 1. The smallest absolute Gasteiger partial charge is 0.241 e. The number of nitrogens with zero attached hydrogens (tertiary/aromatic N) is 1. The van der Waals surface area contributed by atoms with Crippen LogP contribution in [0.3, 0.4) is 0 Å². The van der Waals surface area contributed by atoms with Crippen LogP contribution in [0.4, 0.5) is 5.69 Å². The van der Waals surface area contributed by atoms with Gasteiger partial charge in [0.05, 0.1) is 18.0 Å². The Labute approximate surface area is 192 Å². The molecule has 3 rings (SSSR count). The van der Waals surface area contributed by atoms with Gasteiger partial charge < -0.3 is 10.1 Å². The lowest BCUT2D eigenvalue weighted by atomic mass is 9.83. The highest BCUT2D eigenvalue weighted by Gasteiger charge is 2.39. The van der Waals surface area contributed by atoms with Gasteiger partial charge in [-0.2, -0.15) is 0 Å². The summed E-state index contributed by atoms with van der Waals surface area (Å²) < 4.78 is 32.8. The summed E-state index contributed by atoms with van der Waals surface area (Å²) in [6.07, 6.45) is 3.42. The van der Waals surface area contributed by atoms with Crippen LogP contribution < -0.4 is 14.4 Å². The summed E-state index contributed by atoms with van der Waals surface area (Å²) in [5.74, 6) is 0.560. The van der Waals surface area contributed by atoms with E-state index in [0.29, 0.717) is 12.1 Å². The van der Waals surface area contributed by atoms with E-state index in [1.54, 1.807) is 12.1 Å². The largest absolute Gasteiger partial charge is 0.487 e. The quantitative estimate of drug-likeness (QED) is 0.618. The van der Waals surface area contributed by atoms with Gasteiger partial charge in [-0.3, -0.25) is 9.10 Å². The first-order valence-electron chi connectivity index (χ1n) is 11.2. The summed E-state index contributed by atoms with van der Waals surface area (Å²) in [6.45, 7) is 7.92. The molecule has 6 nitrogen and oxygen atoms in total. The van der Waals surface area contributed by atoms with Gasteiger partial charge in [0.1, 0.15) is 17.9 Å². The van der Waals surface area contributed by atoms with E-state index in [9.17, 15) is 13.2 Å². The van der Waals surface area contributed by atoms with E-state index in [1.807, 2.05) is 50.2 Å². The zero-order chi connectivity index (χ0) is 23.5. The lowest BCUT2D eigenvalue weighted by Gasteiger charge is -2.41. The van der Waals surface area contributed by atoms with E-state index in [0.717, 1.165) is 36.0 Å². The molecule has 0 spiro atoms. The molecule has 7 heteroatoms. The van der Waals surface area contributed by atoms with Gasteiger partial charge in [0.15, 0.2) is 0 Å². The molecule has 1 aliphatic heterocycles. The number of sulfonamides is 1. The predicted octanol–water partition coefficient (Wildman–Crippen LogP) is 4.77. The molecule has 1 amide bonds. The maximum Gasteiger partial charge on any atom is 0.241 e. The summed E-state index contributed by atoms with van der Waals surface area (Å²) in [5.41, 5.74) is 2.00. The van der Waals surface area contributed by atoms with Gasteiger partial charge in [0, 0.05) is 12.0 Å². The van der Waals surface area contributed by atoms with Crippen molar-refractivity contribution in [1.29, 1.82) is 0 Å². The number of benzene rings is 2. The normalized spacial score (nSPS) is 17.4. The number of anilines is 1. The van der Waals surface area contributed by atoms with E-state index in [2.05, 4.69) is 19.2 Å². The Morgan fingerprint density at radius 1 is 1.12 bits per heavy atom.